The van der Waals surface area contributed by atoms with Crippen LogP contribution in [-0.2, 0) is 12.6 Å². The lowest BCUT2D eigenvalue weighted by atomic mass is 9.89. The maximum absolute atomic E-state index is 12.6. The van der Waals surface area contributed by atoms with Crippen LogP contribution in [0.1, 0.15) is 69.9 Å². The number of halogens is 3. The van der Waals surface area contributed by atoms with Crippen molar-refractivity contribution in [2.45, 2.75) is 71.4 Å². The minimum absolute atomic E-state index is 0.553. The van der Waals surface area contributed by atoms with Crippen molar-refractivity contribution in [3.8, 4) is 0 Å². The van der Waals surface area contributed by atoms with Gasteiger partial charge >= 0.3 is 6.18 Å². The van der Waals surface area contributed by atoms with Gasteiger partial charge < -0.3 is 0 Å². The lowest BCUT2D eigenvalue weighted by Crippen LogP contribution is -2.07. The number of unbranched alkanes of at least 4 members (excludes halogenated alkanes) is 3. The lowest BCUT2D eigenvalue weighted by Gasteiger charge is -2.17. The normalized spacial score (nSPS) is 13.4. The van der Waals surface area contributed by atoms with Crippen LogP contribution < -0.4 is 0 Å². The molecule has 1 rings (SSSR count). The second-order valence-corrected chi connectivity index (χ2v) is 5.90. The van der Waals surface area contributed by atoms with E-state index in [-0.39, 0.29) is 0 Å². The van der Waals surface area contributed by atoms with Crippen LogP contribution >= 0.6 is 0 Å². The van der Waals surface area contributed by atoms with Crippen LogP contribution in [0.4, 0.5) is 13.2 Å². The summed E-state index contributed by atoms with van der Waals surface area (Å²) in [6.45, 7) is 4.37. The predicted octanol–water partition coefficient (Wildman–Crippen LogP) is 6.63. The highest BCUT2D eigenvalue weighted by molar-refractivity contribution is 5.24. The molecule has 0 aliphatic heterocycles. The van der Waals surface area contributed by atoms with Gasteiger partial charge in [0, 0.05) is 0 Å². The Morgan fingerprint density at radius 1 is 0.857 bits per heavy atom. The SMILES string of the molecule is CCCCCC(CCCC)Cc1ccc(C(F)(F)F)cc1. The molecule has 120 valence electrons. The number of benzene rings is 1. The summed E-state index contributed by atoms with van der Waals surface area (Å²) in [6.07, 6.45) is 5.11. The van der Waals surface area contributed by atoms with E-state index in [0.717, 1.165) is 12.0 Å². The zero-order valence-electron chi connectivity index (χ0n) is 13.2. The highest BCUT2D eigenvalue weighted by Crippen LogP contribution is 2.30. The summed E-state index contributed by atoms with van der Waals surface area (Å²) in [5.74, 6) is 0.605. The molecule has 0 fully saturated rings. The monoisotopic (exact) mass is 300 g/mol. The fourth-order valence-electron chi connectivity index (χ4n) is 2.69. The van der Waals surface area contributed by atoms with E-state index in [9.17, 15) is 13.2 Å². The van der Waals surface area contributed by atoms with Crippen LogP contribution in [0, 0.1) is 5.92 Å². The number of alkyl halides is 3. The molecule has 0 radical (unpaired) electrons. The molecule has 0 amide bonds. The maximum Gasteiger partial charge on any atom is 0.416 e. The van der Waals surface area contributed by atoms with Crippen molar-refractivity contribution in [1.82, 2.24) is 0 Å². The van der Waals surface area contributed by atoms with Crippen LogP contribution in [0.15, 0.2) is 24.3 Å². The molecule has 1 unspecified atom stereocenters. The van der Waals surface area contributed by atoms with Gasteiger partial charge in [-0.05, 0) is 30.0 Å². The molecule has 1 aromatic rings. The molecule has 0 saturated heterocycles. The van der Waals surface area contributed by atoms with Crippen LogP contribution in [0.5, 0.6) is 0 Å². The summed E-state index contributed by atoms with van der Waals surface area (Å²) >= 11 is 0. The van der Waals surface area contributed by atoms with E-state index in [1.54, 1.807) is 12.1 Å². The van der Waals surface area contributed by atoms with Crippen molar-refractivity contribution in [3.05, 3.63) is 35.4 Å². The first kappa shape index (κ1) is 18.1. The average molecular weight is 300 g/mol. The van der Waals surface area contributed by atoms with Crippen molar-refractivity contribution in [3.63, 3.8) is 0 Å². The van der Waals surface area contributed by atoms with Gasteiger partial charge in [-0.25, -0.2) is 0 Å². The van der Waals surface area contributed by atoms with E-state index in [1.165, 1.54) is 57.1 Å². The summed E-state index contributed by atoms with van der Waals surface area (Å²) in [5, 5.41) is 0. The van der Waals surface area contributed by atoms with Crippen molar-refractivity contribution in [2.24, 2.45) is 5.92 Å². The Bertz CT molecular complexity index is 378. The molecule has 0 aliphatic rings. The van der Waals surface area contributed by atoms with E-state index < -0.39 is 11.7 Å². The molecule has 3 heteroatoms. The third-order valence-corrected chi connectivity index (χ3v) is 3.99. The van der Waals surface area contributed by atoms with Gasteiger partial charge in [0.1, 0.15) is 0 Å². The molecule has 0 heterocycles. The second-order valence-electron chi connectivity index (χ2n) is 5.90. The first-order valence-electron chi connectivity index (χ1n) is 8.13. The van der Waals surface area contributed by atoms with E-state index in [1.807, 2.05) is 0 Å². The predicted molar refractivity (Wildman–Crippen MR) is 82.3 cm³/mol. The van der Waals surface area contributed by atoms with E-state index >= 15 is 0 Å². The Kier molecular flexibility index (Phi) is 7.84. The Morgan fingerprint density at radius 2 is 1.43 bits per heavy atom. The smallest absolute Gasteiger partial charge is 0.166 e. The van der Waals surface area contributed by atoms with E-state index in [4.69, 9.17) is 0 Å². The summed E-state index contributed by atoms with van der Waals surface area (Å²) in [7, 11) is 0. The Morgan fingerprint density at radius 3 is 1.95 bits per heavy atom. The van der Waals surface area contributed by atoms with E-state index in [0.29, 0.717) is 5.92 Å². The molecule has 0 bridgehead atoms. The van der Waals surface area contributed by atoms with E-state index in [2.05, 4.69) is 13.8 Å². The summed E-state index contributed by atoms with van der Waals surface area (Å²) < 4.78 is 37.7. The lowest BCUT2D eigenvalue weighted by molar-refractivity contribution is -0.137. The first-order valence-corrected chi connectivity index (χ1v) is 8.13. The number of hydrogen-bond donors (Lipinski definition) is 0. The van der Waals surface area contributed by atoms with Crippen LogP contribution in [0.3, 0.4) is 0 Å². The molecular weight excluding hydrogens is 273 g/mol. The van der Waals surface area contributed by atoms with Crippen molar-refractivity contribution in [2.75, 3.05) is 0 Å². The molecule has 0 N–H and O–H groups in total. The van der Waals surface area contributed by atoms with Crippen LogP contribution in [-0.4, -0.2) is 0 Å². The Hall–Kier alpha value is -0.990. The Labute approximate surface area is 126 Å². The Balaban J connectivity index is 2.60. The fourth-order valence-corrected chi connectivity index (χ4v) is 2.69. The number of rotatable bonds is 9. The molecule has 0 aromatic heterocycles. The fraction of sp³-hybridized carbons (Fsp3) is 0.667. The molecule has 21 heavy (non-hydrogen) atoms. The first-order chi connectivity index (χ1) is 9.97. The largest absolute Gasteiger partial charge is 0.416 e. The van der Waals surface area contributed by atoms with Crippen LogP contribution in [0.25, 0.3) is 0 Å². The molecule has 0 nitrogen and oxygen atoms in total. The third kappa shape index (κ3) is 7.01. The van der Waals surface area contributed by atoms with Gasteiger partial charge in [0.05, 0.1) is 5.56 Å². The van der Waals surface area contributed by atoms with Gasteiger partial charge in [-0.2, -0.15) is 13.2 Å². The van der Waals surface area contributed by atoms with Gasteiger partial charge in [-0.15, -0.1) is 0 Å². The second kappa shape index (κ2) is 9.11. The minimum atomic E-state index is -4.23. The van der Waals surface area contributed by atoms with Gasteiger partial charge in [0.25, 0.3) is 0 Å². The van der Waals surface area contributed by atoms with Crippen LogP contribution in [0.2, 0.25) is 0 Å². The van der Waals surface area contributed by atoms with Gasteiger partial charge in [0.2, 0.25) is 0 Å². The third-order valence-electron chi connectivity index (χ3n) is 3.99. The number of hydrogen-bond acceptors (Lipinski definition) is 0. The standard InChI is InChI=1S/C18H27F3/c1-3-5-7-9-15(8-6-4-2)14-16-10-12-17(13-11-16)18(19,20)21/h10-13,15H,3-9,14H2,1-2H3. The summed E-state index contributed by atoms with van der Waals surface area (Å²) in [5.41, 5.74) is 0.475. The molecular formula is C18H27F3. The molecule has 0 spiro atoms. The minimum Gasteiger partial charge on any atom is -0.166 e. The quantitative estimate of drug-likeness (QED) is 0.449. The van der Waals surface area contributed by atoms with Gasteiger partial charge in [0.15, 0.2) is 0 Å². The zero-order valence-corrected chi connectivity index (χ0v) is 13.2. The highest BCUT2D eigenvalue weighted by Gasteiger charge is 2.29. The molecule has 1 aromatic carbocycles. The summed E-state index contributed by atoms with van der Waals surface area (Å²) in [6, 6.07) is 5.69. The molecule has 1 atom stereocenters. The van der Waals surface area contributed by atoms with Gasteiger partial charge in [-0.3, -0.25) is 0 Å². The topological polar surface area (TPSA) is 0 Å². The summed E-state index contributed by atoms with van der Waals surface area (Å²) in [4.78, 5) is 0. The zero-order chi connectivity index (χ0) is 15.7. The maximum atomic E-state index is 12.6. The highest BCUT2D eigenvalue weighted by atomic mass is 19.4. The van der Waals surface area contributed by atoms with Crippen molar-refractivity contribution >= 4 is 0 Å². The van der Waals surface area contributed by atoms with Crippen molar-refractivity contribution in [1.29, 1.82) is 0 Å². The average Bonchev–Trinajstić information content (AvgIpc) is 2.44. The van der Waals surface area contributed by atoms with Crippen molar-refractivity contribution < 1.29 is 13.2 Å². The van der Waals surface area contributed by atoms with Gasteiger partial charge in [-0.1, -0.05) is 70.9 Å². The molecule has 0 saturated carbocycles. The molecule has 0 aliphatic carbocycles.